The molecule has 3 atom stereocenters. The van der Waals surface area contributed by atoms with Gasteiger partial charge in [0.1, 0.15) is 0 Å². The Balaban J connectivity index is 2.09. The van der Waals surface area contributed by atoms with Gasteiger partial charge in [0.15, 0.2) is 0 Å². The van der Waals surface area contributed by atoms with Crippen molar-refractivity contribution in [3.8, 4) is 0 Å². The number of aliphatic carboxylic acids is 1. The second-order valence-corrected chi connectivity index (χ2v) is 5.37. The molecule has 0 saturated carbocycles. The second-order valence-electron chi connectivity index (χ2n) is 5.37. The van der Waals surface area contributed by atoms with Crippen molar-refractivity contribution in [2.75, 3.05) is 13.1 Å². The molecule has 1 amide bonds. The van der Waals surface area contributed by atoms with Crippen LogP contribution in [0.3, 0.4) is 0 Å². The Morgan fingerprint density at radius 1 is 1.29 bits per heavy atom. The summed E-state index contributed by atoms with van der Waals surface area (Å²) in [6.45, 7) is 2.42. The van der Waals surface area contributed by atoms with Crippen LogP contribution in [0, 0.1) is 5.92 Å². The van der Waals surface area contributed by atoms with Gasteiger partial charge in [-0.25, -0.2) is 4.79 Å². The molecular weight excluding hydrogens is 272 g/mol. The lowest BCUT2D eigenvalue weighted by Crippen LogP contribution is -2.54. The van der Waals surface area contributed by atoms with Crippen molar-refractivity contribution in [3.63, 3.8) is 0 Å². The van der Waals surface area contributed by atoms with E-state index in [0.29, 0.717) is 6.42 Å². The molecule has 6 nitrogen and oxygen atoms in total. The zero-order chi connectivity index (χ0) is 15.4. The molecule has 0 bridgehead atoms. The van der Waals surface area contributed by atoms with Gasteiger partial charge in [0.25, 0.3) is 0 Å². The Bertz CT molecular complexity index is 506. The fourth-order valence-electron chi connectivity index (χ4n) is 2.75. The highest BCUT2D eigenvalue weighted by molar-refractivity contribution is 5.72. The van der Waals surface area contributed by atoms with Gasteiger partial charge < -0.3 is 20.4 Å². The minimum absolute atomic E-state index is 0.0354. The van der Waals surface area contributed by atoms with Crippen molar-refractivity contribution >= 4 is 12.1 Å². The second kappa shape index (κ2) is 6.58. The van der Waals surface area contributed by atoms with Crippen molar-refractivity contribution in [3.05, 3.63) is 35.9 Å². The van der Waals surface area contributed by atoms with Gasteiger partial charge in [0, 0.05) is 25.2 Å². The molecule has 1 aromatic carbocycles. The van der Waals surface area contributed by atoms with Crippen LogP contribution in [0.2, 0.25) is 0 Å². The Labute approximate surface area is 123 Å². The van der Waals surface area contributed by atoms with Gasteiger partial charge in [-0.05, 0) is 18.9 Å². The Hall–Kier alpha value is -2.08. The molecular formula is C15H20N2O4. The number of carboxylic acids is 1. The molecule has 1 aliphatic heterocycles. The predicted octanol–water partition coefficient (Wildman–Crippen LogP) is 1.79. The summed E-state index contributed by atoms with van der Waals surface area (Å²) in [7, 11) is 0. The number of rotatable bonds is 4. The van der Waals surface area contributed by atoms with Crippen LogP contribution >= 0.6 is 0 Å². The number of carboxylic acid groups (broad SMARTS) is 2. The van der Waals surface area contributed by atoms with Gasteiger partial charge in [-0.15, -0.1) is 0 Å². The highest BCUT2D eigenvalue weighted by Gasteiger charge is 2.36. The minimum Gasteiger partial charge on any atom is -0.481 e. The van der Waals surface area contributed by atoms with E-state index in [-0.39, 0.29) is 25.2 Å². The smallest absolute Gasteiger partial charge is 0.407 e. The van der Waals surface area contributed by atoms with Crippen molar-refractivity contribution in [2.24, 2.45) is 5.92 Å². The van der Waals surface area contributed by atoms with E-state index in [1.165, 1.54) is 4.90 Å². The molecule has 0 aromatic heterocycles. The van der Waals surface area contributed by atoms with E-state index in [4.69, 9.17) is 5.11 Å². The first-order valence-electron chi connectivity index (χ1n) is 7.00. The first-order chi connectivity index (χ1) is 9.99. The lowest BCUT2D eigenvalue weighted by atomic mass is 9.90. The maximum absolute atomic E-state index is 11.4. The molecule has 0 radical (unpaired) electrons. The molecule has 1 fully saturated rings. The SMILES string of the molecule is C[C@H](N[C@@H]1CN(C(=O)O)CC[C@H]1C(=O)O)c1ccccc1. The minimum atomic E-state index is -1.00. The topological polar surface area (TPSA) is 89.9 Å². The maximum Gasteiger partial charge on any atom is 0.407 e. The quantitative estimate of drug-likeness (QED) is 0.787. The Morgan fingerprint density at radius 2 is 1.95 bits per heavy atom. The van der Waals surface area contributed by atoms with E-state index < -0.39 is 18.0 Å². The fraction of sp³-hybridized carbons (Fsp3) is 0.467. The third-order valence-electron chi connectivity index (χ3n) is 3.96. The summed E-state index contributed by atoms with van der Waals surface area (Å²) >= 11 is 0. The number of hydrogen-bond donors (Lipinski definition) is 3. The fourth-order valence-corrected chi connectivity index (χ4v) is 2.75. The summed E-state index contributed by atoms with van der Waals surface area (Å²) in [5.41, 5.74) is 1.05. The third-order valence-corrected chi connectivity index (χ3v) is 3.96. The average molecular weight is 292 g/mol. The predicted molar refractivity (Wildman–Crippen MR) is 77.1 cm³/mol. The summed E-state index contributed by atoms with van der Waals surface area (Å²) in [6.07, 6.45) is -0.668. The highest BCUT2D eigenvalue weighted by atomic mass is 16.4. The number of hydrogen-bond acceptors (Lipinski definition) is 3. The van der Waals surface area contributed by atoms with Crippen molar-refractivity contribution in [1.82, 2.24) is 10.2 Å². The molecule has 114 valence electrons. The monoisotopic (exact) mass is 292 g/mol. The van der Waals surface area contributed by atoms with Gasteiger partial charge in [0.05, 0.1) is 5.92 Å². The highest BCUT2D eigenvalue weighted by Crippen LogP contribution is 2.22. The Kier molecular flexibility index (Phi) is 4.80. The summed E-state index contributed by atoms with van der Waals surface area (Å²) in [4.78, 5) is 23.7. The standard InChI is InChI=1S/C15H20N2O4/c1-10(11-5-3-2-4-6-11)16-13-9-17(15(20)21)8-7-12(13)14(18)19/h2-6,10,12-13,16H,7-9H2,1H3,(H,18,19)(H,20,21)/t10-,12+,13+/m0/s1. The zero-order valence-corrected chi connectivity index (χ0v) is 11.9. The van der Waals surface area contributed by atoms with Crippen LogP contribution in [0.5, 0.6) is 0 Å². The van der Waals surface area contributed by atoms with Crippen molar-refractivity contribution in [1.29, 1.82) is 0 Å². The number of nitrogens with one attached hydrogen (secondary N) is 1. The van der Waals surface area contributed by atoms with Gasteiger partial charge in [-0.3, -0.25) is 4.79 Å². The van der Waals surface area contributed by atoms with E-state index in [1.54, 1.807) is 0 Å². The molecule has 0 aliphatic carbocycles. The molecule has 6 heteroatoms. The third kappa shape index (κ3) is 3.72. The van der Waals surface area contributed by atoms with Crippen LogP contribution < -0.4 is 5.32 Å². The summed E-state index contributed by atoms with van der Waals surface area (Å²) < 4.78 is 0. The summed E-state index contributed by atoms with van der Waals surface area (Å²) in [5, 5.41) is 21.7. The van der Waals surface area contributed by atoms with Gasteiger partial charge in [0.2, 0.25) is 0 Å². The van der Waals surface area contributed by atoms with Crippen LogP contribution in [-0.2, 0) is 4.79 Å². The van der Waals surface area contributed by atoms with E-state index in [2.05, 4.69) is 5.32 Å². The van der Waals surface area contributed by atoms with Crippen molar-refractivity contribution < 1.29 is 19.8 Å². The van der Waals surface area contributed by atoms with E-state index in [9.17, 15) is 14.7 Å². The summed E-state index contributed by atoms with van der Waals surface area (Å²) in [6, 6.07) is 9.27. The molecule has 21 heavy (non-hydrogen) atoms. The van der Waals surface area contributed by atoms with Gasteiger partial charge in [-0.2, -0.15) is 0 Å². The Morgan fingerprint density at radius 3 is 2.52 bits per heavy atom. The van der Waals surface area contributed by atoms with Crippen molar-refractivity contribution in [2.45, 2.75) is 25.4 Å². The van der Waals surface area contributed by atoms with Crippen LogP contribution in [0.25, 0.3) is 0 Å². The molecule has 1 saturated heterocycles. The van der Waals surface area contributed by atoms with Crippen LogP contribution in [0.1, 0.15) is 24.9 Å². The average Bonchev–Trinajstić information content (AvgIpc) is 2.47. The van der Waals surface area contributed by atoms with Gasteiger partial charge in [-0.1, -0.05) is 30.3 Å². The molecule has 0 spiro atoms. The number of amides is 1. The van der Waals surface area contributed by atoms with Crippen LogP contribution in [0.4, 0.5) is 4.79 Å². The number of likely N-dealkylation sites (tertiary alicyclic amines) is 1. The number of carbonyl (C=O) groups is 2. The molecule has 3 N–H and O–H groups in total. The normalized spacial score (nSPS) is 23.6. The molecule has 1 aromatic rings. The van der Waals surface area contributed by atoms with Crippen LogP contribution in [-0.4, -0.2) is 46.3 Å². The number of piperidine rings is 1. The first-order valence-corrected chi connectivity index (χ1v) is 7.00. The number of nitrogens with zero attached hydrogens (tertiary/aromatic N) is 1. The van der Waals surface area contributed by atoms with E-state index >= 15 is 0 Å². The molecule has 2 rings (SSSR count). The number of benzene rings is 1. The molecule has 0 unspecified atom stereocenters. The molecule has 1 aliphatic rings. The largest absolute Gasteiger partial charge is 0.481 e. The van der Waals surface area contributed by atoms with E-state index in [1.807, 2.05) is 37.3 Å². The lowest BCUT2D eigenvalue weighted by molar-refractivity contribution is -0.144. The van der Waals surface area contributed by atoms with Crippen LogP contribution in [0.15, 0.2) is 30.3 Å². The summed E-state index contributed by atoms with van der Waals surface area (Å²) in [5.74, 6) is -1.44. The zero-order valence-electron chi connectivity index (χ0n) is 11.9. The maximum atomic E-state index is 11.4. The molecule has 1 heterocycles. The van der Waals surface area contributed by atoms with Gasteiger partial charge >= 0.3 is 12.1 Å². The lowest BCUT2D eigenvalue weighted by Gasteiger charge is -2.37. The van der Waals surface area contributed by atoms with E-state index in [0.717, 1.165) is 5.56 Å². The first kappa shape index (κ1) is 15.3.